The van der Waals surface area contributed by atoms with E-state index >= 15 is 0 Å². The molecule has 1 fully saturated rings. The average Bonchev–Trinajstić information content (AvgIpc) is 2.78. The van der Waals surface area contributed by atoms with Crippen molar-refractivity contribution in [2.24, 2.45) is 11.7 Å². The summed E-state index contributed by atoms with van der Waals surface area (Å²) in [6.07, 6.45) is 1.47. The van der Waals surface area contributed by atoms with Crippen LogP contribution in [0.4, 0.5) is 0 Å². The van der Waals surface area contributed by atoms with Crippen LogP contribution in [0.2, 0.25) is 0 Å². The van der Waals surface area contributed by atoms with Crippen LogP contribution in [0.1, 0.15) is 18.9 Å². The van der Waals surface area contributed by atoms with Gasteiger partial charge in [0.05, 0.1) is 6.61 Å². The first-order chi connectivity index (χ1) is 9.22. The van der Waals surface area contributed by atoms with Crippen LogP contribution >= 0.6 is 0 Å². The minimum atomic E-state index is 0.233. The van der Waals surface area contributed by atoms with Gasteiger partial charge in [-0.15, -0.1) is 0 Å². The maximum Gasteiger partial charge on any atom is 0.222 e. The number of hydrogen-bond acceptors (Lipinski definition) is 3. The van der Waals surface area contributed by atoms with Gasteiger partial charge in [0.2, 0.25) is 5.91 Å². The number of carbonyl (C=O) groups is 1. The number of nitrogens with two attached hydrogens (primary N) is 1. The summed E-state index contributed by atoms with van der Waals surface area (Å²) in [6.45, 7) is 4.82. The quantitative estimate of drug-likeness (QED) is 0.844. The molecule has 0 aromatic heterocycles. The molecule has 1 atom stereocenters. The predicted octanol–water partition coefficient (Wildman–Crippen LogP) is 1.43. The van der Waals surface area contributed by atoms with Crippen LogP contribution in [0, 0.1) is 5.92 Å². The smallest absolute Gasteiger partial charge is 0.222 e. The fraction of sp³-hybridized carbons (Fsp3) is 0.533. The second-order valence-electron chi connectivity index (χ2n) is 4.98. The lowest BCUT2D eigenvalue weighted by atomic mass is 10.1. The monoisotopic (exact) mass is 262 g/mol. The van der Waals surface area contributed by atoms with Crippen molar-refractivity contribution >= 4 is 5.91 Å². The molecule has 2 N–H and O–H groups in total. The van der Waals surface area contributed by atoms with Gasteiger partial charge in [-0.05, 0) is 43.5 Å². The summed E-state index contributed by atoms with van der Waals surface area (Å²) in [5.41, 5.74) is 6.83. The standard InChI is InChI=1S/C15H22N2O2/c1-2-19-14-5-3-4-12(8-14)6-7-17-11-13(10-16)9-15(17)18/h3-5,8,13H,2,6-7,9-11,16H2,1H3. The maximum absolute atomic E-state index is 11.8. The van der Waals surface area contributed by atoms with E-state index < -0.39 is 0 Å². The van der Waals surface area contributed by atoms with Crippen molar-refractivity contribution in [1.29, 1.82) is 0 Å². The Balaban J connectivity index is 1.88. The zero-order chi connectivity index (χ0) is 13.7. The van der Waals surface area contributed by atoms with Crippen LogP contribution in [0.15, 0.2) is 24.3 Å². The molecule has 1 aliphatic rings. The van der Waals surface area contributed by atoms with Crippen molar-refractivity contribution < 1.29 is 9.53 Å². The Labute approximate surface area is 114 Å². The van der Waals surface area contributed by atoms with Gasteiger partial charge in [-0.2, -0.15) is 0 Å². The van der Waals surface area contributed by atoms with Crippen molar-refractivity contribution in [2.45, 2.75) is 19.8 Å². The number of benzene rings is 1. The molecule has 0 spiro atoms. The van der Waals surface area contributed by atoms with E-state index in [1.165, 1.54) is 5.56 Å². The molecule has 0 bridgehead atoms. The predicted molar refractivity (Wildman–Crippen MR) is 75.1 cm³/mol. The van der Waals surface area contributed by atoms with Gasteiger partial charge in [-0.25, -0.2) is 0 Å². The highest BCUT2D eigenvalue weighted by molar-refractivity contribution is 5.78. The Morgan fingerprint density at radius 1 is 1.47 bits per heavy atom. The average molecular weight is 262 g/mol. The Bertz CT molecular complexity index is 434. The first kappa shape index (κ1) is 13.9. The summed E-state index contributed by atoms with van der Waals surface area (Å²) in [4.78, 5) is 13.7. The van der Waals surface area contributed by atoms with Gasteiger partial charge in [0.15, 0.2) is 0 Å². The van der Waals surface area contributed by atoms with Gasteiger partial charge in [0, 0.05) is 19.5 Å². The van der Waals surface area contributed by atoms with Crippen LogP contribution in [0.3, 0.4) is 0 Å². The number of hydrogen-bond donors (Lipinski definition) is 1. The van der Waals surface area contributed by atoms with Gasteiger partial charge in [0.1, 0.15) is 5.75 Å². The molecular formula is C15H22N2O2. The molecule has 1 aromatic rings. The van der Waals surface area contributed by atoms with E-state index in [4.69, 9.17) is 10.5 Å². The maximum atomic E-state index is 11.8. The third-order valence-corrected chi connectivity index (χ3v) is 3.51. The van der Waals surface area contributed by atoms with Crippen LogP contribution in [0.5, 0.6) is 5.75 Å². The molecule has 104 valence electrons. The number of nitrogens with zero attached hydrogens (tertiary/aromatic N) is 1. The van der Waals surface area contributed by atoms with E-state index in [0.717, 1.165) is 25.3 Å². The Hall–Kier alpha value is -1.55. The molecule has 4 heteroatoms. The van der Waals surface area contributed by atoms with E-state index in [-0.39, 0.29) is 5.91 Å². The summed E-state index contributed by atoms with van der Waals surface area (Å²) >= 11 is 0. The van der Waals surface area contributed by atoms with E-state index in [9.17, 15) is 4.79 Å². The topological polar surface area (TPSA) is 55.6 Å². The largest absolute Gasteiger partial charge is 0.494 e. The fourth-order valence-corrected chi connectivity index (χ4v) is 2.45. The number of ether oxygens (including phenoxy) is 1. The second-order valence-corrected chi connectivity index (χ2v) is 4.98. The van der Waals surface area contributed by atoms with Crippen molar-refractivity contribution in [3.8, 4) is 5.75 Å². The first-order valence-corrected chi connectivity index (χ1v) is 6.92. The molecule has 0 saturated carbocycles. The lowest BCUT2D eigenvalue weighted by Crippen LogP contribution is -2.28. The molecular weight excluding hydrogens is 240 g/mol. The number of amides is 1. The highest BCUT2D eigenvalue weighted by Gasteiger charge is 2.27. The zero-order valence-corrected chi connectivity index (χ0v) is 11.5. The lowest BCUT2D eigenvalue weighted by molar-refractivity contribution is -0.127. The number of rotatable bonds is 6. The number of carbonyl (C=O) groups excluding carboxylic acids is 1. The van der Waals surface area contributed by atoms with E-state index in [1.807, 2.05) is 30.0 Å². The van der Waals surface area contributed by atoms with Crippen LogP contribution in [0.25, 0.3) is 0 Å². The fourth-order valence-electron chi connectivity index (χ4n) is 2.45. The van der Waals surface area contributed by atoms with E-state index in [2.05, 4.69) is 6.07 Å². The molecule has 1 aromatic carbocycles. The molecule has 4 nitrogen and oxygen atoms in total. The molecule has 1 aliphatic heterocycles. The summed E-state index contributed by atoms with van der Waals surface area (Å²) < 4.78 is 5.48. The summed E-state index contributed by atoms with van der Waals surface area (Å²) in [7, 11) is 0. The van der Waals surface area contributed by atoms with Gasteiger partial charge < -0.3 is 15.4 Å². The van der Waals surface area contributed by atoms with Crippen molar-refractivity contribution in [3.05, 3.63) is 29.8 Å². The van der Waals surface area contributed by atoms with Crippen LogP contribution in [-0.4, -0.2) is 37.0 Å². The molecule has 1 heterocycles. The third-order valence-electron chi connectivity index (χ3n) is 3.51. The van der Waals surface area contributed by atoms with E-state index in [0.29, 0.717) is 25.5 Å². The van der Waals surface area contributed by atoms with Gasteiger partial charge in [0.25, 0.3) is 0 Å². The van der Waals surface area contributed by atoms with Crippen molar-refractivity contribution in [2.75, 3.05) is 26.2 Å². The molecule has 1 saturated heterocycles. The highest BCUT2D eigenvalue weighted by atomic mass is 16.5. The number of likely N-dealkylation sites (tertiary alicyclic amines) is 1. The van der Waals surface area contributed by atoms with Crippen LogP contribution < -0.4 is 10.5 Å². The second kappa shape index (κ2) is 6.57. The van der Waals surface area contributed by atoms with Gasteiger partial charge in [-0.3, -0.25) is 4.79 Å². The summed E-state index contributed by atoms with van der Waals surface area (Å²) in [6, 6.07) is 8.07. The molecule has 19 heavy (non-hydrogen) atoms. The molecule has 0 radical (unpaired) electrons. The van der Waals surface area contributed by atoms with Gasteiger partial charge in [-0.1, -0.05) is 12.1 Å². The van der Waals surface area contributed by atoms with Crippen molar-refractivity contribution in [3.63, 3.8) is 0 Å². The minimum Gasteiger partial charge on any atom is -0.494 e. The summed E-state index contributed by atoms with van der Waals surface area (Å²) in [5, 5.41) is 0. The SMILES string of the molecule is CCOc1cccc(CCN2CC(CN)CC2=O)c1. The van der Waals surface area contributed by atoms with Gasteiger partial charge >= 0.3 is 0 Å². The normalized spacial score (nSPS) is 18.9. The zero-order valence-electron chi connectivity index (χ0n) is 11.5. The minimum absolute atomic E-state index is 0.233. The molecule has 2 rings (SSSR count). The van der Waals surface area contributed by atoms with Crippen LogP contribution in [-0.2, 0) is 11.2 Å². The first-order valence-electron chi connectivity index (χ1n) is 6.92. The van der Waals surface area contributed by atoms with Crippen molar-refractivity contribution in [1.82, 2.24) is 4.90 Å². The molecule has 1 unspecified atom stereocenters. The third kappa shape index (κ3) is 3.70. The molecule has 0 aliphatic carbocycles. The highest BCUT2D eigenvalue weighted by Crippen LogP contribution is 2.18. The Morgan fingerprint density at radius 3 is 3.00 bits per heavy atom. The van der Waals surface area contributed by atoms with E-state index in [1.54, 1.807) is 0 Å². The Morgan fingerprint density at radius 2 is 2.32 bits per heavy atom. The summed E-state index contributed by atoms with van der Waals surface area (Å²) in [5.74, 6) is 1.46. The Kier molecular flexibility index (Phi) is 4.80. The lowest BCUT2D eigenvalue weighted by Gasteiger charge is -2.16. The molecule has 1 amide bonds.